The summed E-state index contributed by atoms with van der Waals surface area (Å²) in [6.07, 6.45) is 4.41. The molecule has 3 rings (SSSR count). The summed E-state index contributed by atoms with van der Waals surface area (Å²) in [4.78, 5) is 27.0. The maximum absolute atomic E-state index is 12.8. The van der Waals surface area contributed by atoms with Crippen molar-refractivity contribution in [3.05, 3.63) is 60.2 Å². The maximum Gasteiger partial charge on any atom is 0.246 e. The number of ether oxygens (including phenoxy) is 1. The fourth-order valence-electron chi connectivity index (χ4n) is 3.60. The zero-order chi connectivity index (χ0) is 24.0. The first kappa shape index (κ1) is 24.5. The smallest absolute Gasteiger partial charge is 0.246 e. The first-order valence-corrected chi connectivity index (χ1v) is 12.1. The van der Waals surface area contributed by atoms with Gasteiger partial charge in [-0.1, -0.05) is 30.3 Å². The van der Waals surface area contributed by atoms with E-state index in [1.807, 2.05) is 30.3 Å². The molecule has 176 valence electrons. The number of hydrogen-bond donors (Lipinski definition) is 1. The van der Waals surface area contributed by atoms with Crippen LogP contribution in [0.1, 0.15) is 18.4 Å². The third-order valence-corrected chi connectivity index (χ3v) is 7.42. The minimum absolute atomic E-state index is 0.0154. The van der Waals surface area contributed by atoms with Gasteiger partial charge in [0.05, 0.1) is 7.11 Å². The molecule has 0 aliphatic carbocycles. The third kappa shape index (κ3) is 6.00. The van der Waals surface area contributed by atoms with E-state index in [0.29, 0.717) is 31.6 Å². The van der Waals surface area contributed by atoms with Gasteiger partial charge in [0.25, 0.3) is 0 Å². The average molecular weight is 472 g/mol. The second-order valence-electron chi connectivity index (χ2n) is 7.99. The number of rotatable bonds is 7. The molecule has 33 heavy (non-hydrogen) atoms. The van der Waals surface area contributed by atoms with E-state index in [4.69, 9.17) is 4.74 Å². The molecule has 1 saturated heterocycles. The topological polar surface area (TPSA) is 96.0 Å². The molecular weight excluding hydrogens is 442 g/mol. The number of piperidine rings is 1. The lowest BCUT2D eigenvalue weighted by molar-refractivity contribution is -0.130. The van der Waals surface area contributed by atoms with Gasteiger partial charge in [-0.05, 0) is 42.7 Å². The summed E-state index contributed by atoms with van der Waals surface area (Å²) in [6.45, 7) is 0.970. The Morgan fingerprint density at radius 1 is 1.09 bits per heavy atom. The van der Waals surface area contributed by atoms with Crippen molar-refractivity contribution in [3.8, 4) is 5.75 Å². The van der Waals surface area contributed by atoms with E-state index >= 15 is 0 Å². The summed E-state index contributed by atoms with van der Waals surface area (Å²) in [5.74, 6) is -0.327. The number of carbonyl (C=O) groups is 2. The van der Waals surface area contributed by atoms with Crippen LogP contribution in [0.4, 0.5) is 5.69 Å². The number of hydrogen-bond acceptors (Lipinski definition) is 5. The van der Waals surface area contributed by atoms with Crippen molar-refractivity contribution in [1.29, 1.82) is 0 Å². The quantitative estimate of drug-likeness (QED) is 0.627. The van der Waals surface area contributed by atoms with E-state index in [1.165, 1.54) is 33.3 Å². The van der Waals surface area contributed by atoms with Gasteiger partial charge < -0.3 is 15.0 Å². The van der Waals surface area contributed by atoms with Gasteiger partial charge in [-0.15, -0.1) is 0 Å². The number of amides is 2. The molecule has 0 unspecified atom stereocenters. The predicted molar refractivity (Wildman–Crippen MR) is 127 cm³/mol. The van der Waals surface area contributed by atoms with Crippen LogP contribution in [-0.4, -0.2) is 63.7 Å². The molecular formula is C24H29N3O5S. The van der Waals surface area contributed by atoms with Crippen LogP contribution >= 0.6 is 0 Å². The van der Waals surface area contributed by atoms with Gasteiger partial charge in [0.1, 0.15) is 10.6 Å². The van der Waals surface area contributed by atoms with E-state index in [0.717, 1.165) is 9.87 Å². The second-order valence-corrected chi connectivity index (χ2v) is 10.1. The van der Waals surface area contributed by atoms with E-state index in [-0.39, 0.29) is 28.4 Å². The first-order valence-electron chi connectivity index (χ1n) is 10.7. The van der Waals surface area contributed by atoms with Crippen molar-refractivity contribution in [2.75, 3.05) is 39.6 Å². The number of methoxy groups -OCH3 is 1. The van der Waals surface area contributed by atoms with Gasteiger partial charge in [0.2, 0.25) is 21.8 Å². The molecule has 0 spiro atoms. The average Bonchev–Trinajstić information content (AvgIpc) is 2.83. The summed E-state index contributed by atoms with van der Waals surface area (Å²) in [5, 5.41) is 2.81. The Bertz CT molecular complexity index is 1120. The Labute approximate surface area is 194 Å². The fourth-order valence-corrected chi connectivity index (χ4v) is 4.67. The number of nitrogens with zero attached hydrogens (tertiary/aromatic N) is 2. The molecule has 1 N–H and O–H groups in total. The van der Waals surface area contributed by atoms with Gasteiger partial charge in [-0.2, -0.15) is 0 Å². The maximum atomic E-state index is 12.8. The SMILES string of the molecule is COc1ccc(NC(=O)C2CCN(C(=O)/C=C/c3ccccc3)CC2)cc1S(=O)(=O)N(C)C. The monoisotopic (exact) mass is 471 g/mol. The van der Waals surface area contributed by atoms with Crippen LogP contribution in [0.3, 0.4) is 0 Å². The molecule has 1 aliphatic heterocycles. The van der Waals surface area contributed by atoms with Crippen LogP contribution in [0.15, 0.2) is 59.5 Å². The Kier molecular flexibility index (Phi) is 7.88. The molecule has 1 heterocycles. The van der Waals surface area contributed by atoms with E-state index < -0.39 is 10.0 Å². The zero-order valence-electron chi connectivity index (χ0n) is 19.0. The molecule has 2 amide bonds. The molecule has 0 bridgehead atoms. The lowest BCUT2D eigenvalue weighted by atomic mass is 9.95. The van der Waals surface area contributed by atoms with Crippen LogP contribution in [0.5, 0.6) is 5.75 Å². The number of nitrogens with one attached hydrogen (secondary N) is 1. The number of likely N-dealkylation sites (tertiary alicyclic amines) is 1. The summed E-state index contributed by atoms with van der Waals surface area (Å²) >= 11 is 0. The molecule has 0 aromatic heterocycles. The van der Waals surface area contributed by atoms with Crippen LogP contribution < -0.4 is 10.1 Å². The Hall–Kier alpha value is -3.17. The van der Waals surface area contributed by atoms with E-state index in [2.05, 4.69) is 5.32 Å². The van der Waals surface area contributed by atoms with Crippen molar-refractivity contribution >= 4 is 33.6 Å². The number of anilines is 1. The van der Waals surface area contributed by atoms with Crippen LogP contribution in [0.2, 0.25) is 0 Å². The van der Waals surface area contributed by atoms with Crippen molar-refractivity contribution in [2.45, 2.75) is 17.7 Å². The molecule has 1 aliphatic rings. The van der Waals surface area contributed by atoms with Crippen molar-refractivity contribution in [1.82, 2.24) is 9.21 Å². The van der Waals surface area contributed by atoms with E-state index in [1.54, 1.807) is 23.1 Å². The zero-order valence-corrected chi connectivity index (χ0v) is 19.8. The number of carbonyl (C=O) groups excluding carboxylic acids is 2. The number of benzene rings is 2. The van der Waals surface area contributed by atoms with Crippen LogP contribution in [0.25, 0.3) is 6.08 Å². The van der Waals surface area contributed by atoms with Crippen molar-refractivity contribution < 1.29 is 22.7 Å². The highest BCUT2D eigenvalue weighted by atomic mass is 32.2. The highest BCUT2D eigenvalue weighted by molar-refractivity contribution is 7.89. The minimum Gasteiger partial charge on any atom is -0.495 e. The fraction of sp³-hybridized carbons (Fsp3) is 0.333. The Morgan fingerprint density at radius 3 is 2.36 bits per heavy atom. The first-order chi connectivity index (χ1) is 15.7. The molecule has 8 nitrogen and oxygen atoms in total. The van der Waals surface area contributed by atoms with Crippen LogP contribution in [-0.2, 0) is 19.6 Å². The number of sulfonamides is 1. The standard InChI is InChI=1S/C24H29N3O5S/c1-26(2)33(30,31)22-17-20(10-11-21(22)32-3)25-24(29)19-13-15-27(16-14-19)23(28)12-9-18-7-5-4-6-8-18/h4-12,17,19H,13-16H2,1-3H3,(H,25,29)/b12-9+. The summed E-state index contributed by atoms with van der Waals surface area (Å²) in [6, 6.07) is 14.1. The normalized spacial score (nSPS) is 15.1. The highest BCUT2D eigenvalue weighted by Gasteiger charge is 2.28. The van der Waals surface area contributed by atoms with Crippen molar-refractivity contribution in [3.63, 3.8) is 0 Å². The lowest BCUT2D eigenvalue weighted by Gasteiger charge is -2.30. The molecule has 9 heteroatoms. The Morgan fingerprint density at radius 2 is 1.76 bits per heavy atom. The second kappa shape index (κ2) is 10.6. The molecule has 0 radical (unpaired) electrons. The molecule has 2 aromatic rings. The lowest BCUT2D eigenvalue weighted by Crippen LogP contribution is -2.40. The highest BCUT2D eigenvalue weighted by Crippen LogP contribution is 2.29. The van der Waals surface area contributed by atoms with Gasteiger partial charge in [0, 0.05) is 44.9 Å². The van der Waals surface area contributed by atoms with E-state index in [9.17, 15) is 18.0 Å². The van der Waals surface area contributed by atoms with Gasteiger partial charge in [0.15, 0.2) is 0 Å². The molecule has 0 saturated carbocycles. The van der Waals surface area contributed by atoms with Crippen LogP contribution in [0, 0.1) is 5.92 Å². The van der Waals surface area contributed by atoms with Gasteiger partial charge in [-0.3, -0.25) is 9.59 Å². The van der Waals surface area contributed by atoms with Gasteiger partial charge >= 0.3 is 0 Å². The van der Waals surface area contributed by atoms with Crippen molar-refractivity contribution in [2.24, 2.45) is 5.92 Å². The summed E-state index contributed by atoms with van der Waals surface area (Å²) < 4.78 is 31.4. The predicted octanol–water partition coefficient (Wildman–Crippen LogP) is 2.84. The minimum atomic E-state index is -3.74. The Balaban J connectivity index is 1.60. The molecule has 2 aromatic carbocycles. The molecule has 1 fully saturated rings. The molecule has 0 atom stereocenters. The summed E-state index contributed by atoms with van der Waals surface area (Å²) in [7, 11) is 0.526. The largest absolute Gasteiger partial charge is 0.495 e. The summed E-state index contributed by atoms with van der Waals surface area (Å²) in [5.41, 5.74) is 1.33. The van der Waals surface area contributed by atoms with Gasteiger partial charge in [-0.25, -0.2) is 12.7 Å². The third-order valence-electron chi connectivity index (χ3n) is 5.59.